The summed E-state index contributed by atoms with van der Waals surface area (Å²) in [6.07, 6.45) is 0.908. The number of amides is 2. The summed E-state index contributed by atoms with van der Waals surface area (Å²) in [6, 6.07) is 5.75. The molecule has 0 saturated carbocycles. The molecule has 7 heteroatoms. The molecule has 1 aromatic carbocycles. The number of benzene rings is 1. The van der Waals surface area contributed by atoms with E-state index in [9.17, 15) is 14.4 Å². The summed E-state index contributed by atoms with van der Waals surface area (Å²) in [7, 11) is 1.62. The molecule has 0 radical (unpaired) electrons. The van der Waals surface area contributed by atoms with Gasteiger partial charge in [-0.15, -0.1) is 0 Å². The minimum Gasteiger partial charge on any atom is -0.481 e. The minimum atomic E-state index is -0.887. The Labute approximate surface area is 146 Å². The van der Waals surface area contributed by atoms with E-state index in [-0.39, 0.29) is 24.7 Å². The molecule has 1 aliphatic heterocycles. The Kier molecular flexibility index (Phi) is 5.90. The zero-order chi connectivity index (χ0) is 18.6. The van der Waals surface area contributed by atoms with Gasteiger partial charge in [0.25, 0.3) is 5.91 Å². The summed E-state index contributed by atoms with van der Waals surface area (Å²) < 4.78 is 0. The molecule has 134 valence electrons. The van der Waals surface area contributed by atoms with Crippen LogP contribution in [0.5, 0.6) is 0 Å². The largest absolute Gasteiger partial charge is 0.481 e. The van der Waals surface area contributed by atoms with Gasteiger partial charge in [-0.2, -0.15) is 5.10 Å². The molecule has 1 aromatic rings. The molecule has 25 heavy (non-hydrogen) atoms. The van der Waals surface area contributed by atoms with Gasteiger partial charge in [-0.1, -0.05) is 12.1 Å². The molecule has 0 unspecified atom stereocenters. The molecule has 0 spiro atoms. The zero-order valence-corrected chi connectivity index (χ0v) is 14.8. The van der Waals surface area contributed by atoms with Crippen LogP contribution in [0.15, 0.2) is 23.3 Å². The highest BCUT2D eigenvalue weighted by molar-refractivity contribution is 6.40. The third kappa shape index (κ3) is 4.65. The van der Waals surface area contributed by atoms with Crippen molar-refractivity contribution >= 4 is 29.2 Å². The summed E-state index contributed by atoms with van der Waals surface area (Å²) >= 11 is 0. The maximum atomic E-state index is 12.5. The molecule has 0 saturated heterocycles. The number of hydrogen-bond acceptors (Lipinski definition) is 4. The second-order valence-electron chi connectivity index (χ2n) is 6.27. The molecule has 1 aliphatic rings. The highest BCUT2D eigenvalue weighted by Crippen LogP contribution is 2.25. The van der Waals surface area contributed by atoms with Gasteiger partial charge >= 0.3 is 5.97 Å². The van der Waals surface area contributed by atoms with E-state index >= 15 is 0 Å². The Morgan fingerprint density at radius 2 is 2.00 bits per heavy atom. The number of nitrogens with zero attached hydrogens (tertiary/aromatic N) is 3. The topological polar surface area (TPSA) is 90.3 Å². The molecule has 0 aliphatic carbocycles. The van der Waals surface area contributed by atoms with Gasteiger partial charge < -0.3 is 10.0 Å². The first kappa shape index (κ1) is 18.6. The van der Waals surface area contributed by atoms with E-state index in [1.165, 1.54) is 9.91 Å². The van der Waals surface area contributed by atoms with Gasteiger partial charge in [0.2, 0.25) is 5.91 Å². The van der Waals surface area contributed by atoms with Crippen LogP contribution in [-0.4, -0.2) is 47.1 Å². The van der Waals surface area contributed by atoms with E-state index in [1.54, 1.807) is 7.05 Å². The SMILES string of the molecule is Cc1ccc(C)c(N2N=C(C(=O)N(C)CCCC(=O)O)CCC2=O)c1. The minimum absolute atomic E-state index is 0.0111. The highest BCUT2D eigenvalue weighted by atomic mass is 16.4. The zero-order valence-electron chi connectivity index (χ0n) is 14.8. The second kappa shape index (κ2) is 7.92. The Morgan fingerprint density at radius 3 is 2.68 bits per heavy atom. The van der Waals surface area contributed by atoms with Crippen LogP contribution in [0.1, 0.15) is 36.8 Å². The van der Waals surface area contributed by atoms with E-state index in [0.29, 0.717) is 30.8 Å². The fourth-order valence-corrected chi connectivity index (χ4v) is 2.63. The van der Waals surface area contributed by atoms with Crippen LogP contribution in [0, 0.1) is 13.8 Å². The molecule has 0 bridgehead atoms. The Hall–Kier alpha value is -2.70. The van der Waals surface area contributed by atoms with Crippen molar-refractivity contribution in [3.05, 3.63) is 29.3 Å². The maximum absolute atomic E-state index is 12.5. The summed E-state index contributed by atoms with van der Waals surface area (Å²) in [5.74, 6) is -1.30. The standard InChI is InChI=1S/C18H23N3O4/c1-12-6-7-13(2)15(11-12)21-16(22)9-8-14(19-21)18(25)20(3)10-4-5-17(23)24/h6-7,11H,4-5,8-10H2,1-3H3,(H,23,24). The number of hydrogen-bond donors (Lipinski definition) is 1. The van der Waals surface area contributed by atoms with Gasteiger partial charge in [-0.3, -0.25) is 14.4 Å². The van der Waals surface area contributed by atoms with E-state index in [0.717, 1.165) is 11.1 Å². The number of rotatable bonds is 6. The monoisotopic (exact) mass is 345 g/mol. The summed E-state index contributed by atoms with van der Waals surface area (Å²) in [4.78, 5) is 36.8. The Morgan fingerprint density at radius 1 is 1.28 bits per heavy atom. The van der Waals surface area contributed by atoms with Gasteiger partial charge in [-0.05, 0) is 37.5 Å². The first-order valence-corrected chi connectivity index (χ1v) is 8.24. The van der Waals surface area contributed by atoms with E-state index in [2.05, 4.69) is 5.10 Å². The number of aryl methyl sites for hydroxylation is 2. The third-order valence-corrected chi connectivity index (χ3v) is 4.10. The van der Waals surface area contributed by atoms with Gasteiger partial charge in [0.15, 0.2) is 0 Å². The Bertz CT molecular complexity index is 727. The first-order valence-electron chi connectivity index (χ1n) is 8.24. The molecule has 1 N–H and O–H groups in total. The van der Waals surface area contributed by atoms with Crippen molar-refractivity contribution in [2.75, 3.05) is 18.6 Å². The number of carbonyl (C=O) groups is 3. The number of hydrazone groups is 1. The van der Waals surface area contributed by atoms with Gasteiger partial charge in [0, 0.05) is 32.9 Å². The van der Waals surface area contributed by atoms with Crippen LogP contribution in [0.25, 0.3) is 0 Å². The molecule has 2 amide bonds. The van der Waals surface area contributed by atoms with Crippen LogP contribution in [0.2, 0.25) is 0 Å². The van der Waals surface area contributed by atoms with Crippen molar-refractivity contribution in [1.29, 1.82) is 0 Å². The lowest BCUT2D eigenvalue weighted by Crippen LogP contribution is -2.40. The summed E-state index contributed by atoms with van der Waals surface area (Å²) in [5.41, 5.74) is 2.92. The van der Waals surface area contributed by atoms with Crippen molar-refractivity contribution in [3.63, 3.8) is 0 Å². The molecule has 1 heterocycles. The van der Waals surface area contributed by atoms with Crippen molar-refractivity contribution < 1.29 is 19.5 Å². The van der Waals surface area contributed by atoms with Crippen LogP contribution in [0.3, 0.4) is 0 Å². The normalized spacial score (nSPS) is 14.3. The van der Waals surface area contributed by atoms with Gasteiger partial charge in [0.1, 0.15) is 5.71 Å². The maximum Gasteiger partial charge on any atom is 0.303 e. The van der Waals surface area contributed by atoms with Crippen LogP contribution in [-0.2, 0) is 14.4 Å². The molecule has 2 rings (SSSR count). The first-order chi connectivity index (χ1) is 11.8. The van der Waals surface area contributed by atoms with Crippen molar-refractivity contribution in [2.45, 2.75) is 39.5 Å². The van der Waals surface area contributed by atoms with Gasteiger partial charge in [-0.25, -0.2) is 5.01 Å². The second-order valence-corrected chi connectivity index (χ2v) is 6.27. The fourth-order valence-electron chi connectivity index (χ4n) is 2.63. The van der Waals surface area contributed by atoms with Crippen molar-refractivity contribution in [3.8, 4) is 0 Å². The number of anilines is 1. The molecule has 0 aromatic heterocycles. The molecule has 0 fully saturated rings. The summed E-state index contributed by atoms with van der Waals surface area (Å²) in [6.45, 7) is 4.16. The molecular weight excluding hydrogens is 322 g/mol. The predicted molar refractivity (Wildman–Crippen MR) is 94.6 cm³/mol. The Balaban J connectivity index is 2.18. The van der Waals surface area contributed by atoms with Crippen LogP contribution < -0.4 is 5.01 Å². The highest BCUT2D eigenvalue weighted by Gasteiger charge is 2.28. The van der Waals surface area contributed by atoms with Crippen LogP contribution >= 0.6 is 0 Å². The molecular formula is C18H23N3O4. The number of carboxylic acids is 1. The quantitative estimate of drug-likeness (QED) is 0.855. The predicted octanol–water partition coefficient (Wildman–Crippen LogP) is 2.11. The van der Waals surface area contributed by atoms with Crippen molar-refractivity contribution in [1.82, 2.24) is 4.90 Å². The molecule has 7 nitrogen and oxygen atoms in total. The number of carbonyl (C=O) groups excluding carboxylic acids is 2. The lowest BCUT2D eigenvalue weighted by Gasteiger charge is -2.26. The summed E-state index contributed by atoms with van der Waals surface area (Å²) in [5, 5.41) is 14.3. The average molecular weight is 345 g/mol. The van der Waals surface area contributed by atoms with Gasteiger partial charge in [0.05, 0.1) is 5.69 Å². The van der Waals surface area contributed by atoms with E-state index < -0.39 is 5.97 Å². The van der Waals surface area contributed by atoms with Crippen molar-refractivity contribution in [2.24, 2.45) is 5.10 Å². The average Bonchev–Trinajstić information content (AvgIpc) is 2.56. The lowest BCUT2D eigenvalue weighted by atomic mass is 10.1. The molecule has 0 atom stereocenters. The smallest absolute Gasteiger partial charge is 0.303 e. The fraction of sp³-hybridized carbons (Fsp3) is 0.444. The third-order valence-electron chi connectivity index (χ3n) is 4.10. The lowest BCUT2D eigenvalue weighted by molar-refractivity contribution is -0.137. The van der Waals surface area contributed by atoms with E-state index in [1.807, 2.05) is 32.0 Å². The van der Waals surface area contributed by atoms with Crippen LogP contribution in [0.4, 0.5) is 5.69 Å². The number of carboxylic acid groups (broad SMARTS) is 1. The van der Waals surface area contributed by atoms with E-state index in [4.69, 9.17) is 5.11 Å². The number of aliphatic carboxylic acids is 1.